The van der Waals surface area contributed by atoms with Crippen LogP contribution in [-0.4, -0.2) is 36.4 Å². The number of rotatable bonds is 6. The molecule has 0 bridgehead atoms. The number of anilines is 1. The summed E-state index contributed by atoms with van der Waals surface area (Å²) in [5.41, 5.74) is 3.21. The monoisotopic (exact) mass is 408 g/mol. The molecule has 3 rings (SSSR count). The fourth-order valence-electron chi connectivity index (χ4n) is 2.82. The summed E-state index contributed by atoms with van der Waals surface area (Å²) in [4.78, 5) is 12.9. The lowest BCUT2D eigenvalue weighted by molar-refractivity contribution is -0.384. The molecule has 144 valence electrons. The Bertz CT molecular complexity index is 992. The number of nitrogens with one attached hydrogen (secondary N) is 1. The number of hydrazone groups is 1. The zero-order valence-corrected chi connectivity index (χ0v) is 16.6. The molecule has 1 aromatic carbocycles. The van der Waals surface area contributed by atoms with Crippen LogP contribution in [0, 0.1) is 17.0 Å². The molecule has 10 heteroatoms. The lowest BCUT2D eigenvalue weighted by atomic mass is 10.3. The number of sulfonamides is 1. The maximum absolute atomic E-state index is 12.6. The number of nitro groups is 1. The molecule has 2 heterocycles. The normalized spacial score (nSPS) is 15.9. The molecule has 1 aliphatic heterocycles. The first-order valence-electron chi connectivity index (χ1n) is 8.45. The summed E-state index contributed by atoms with van der Waals surface area (Å²) in [6.07, 6.45) is 1.61. The minimum absolute atomic E-state index is 0.0729. The van der Waals surface area contributed by atoms with Crippen LogP contribution in [0.25, 0.3) is 0 Å². The van der Waals surface area contributed by atoms with Gasteiger partial charge in [0.2, 0.25) is 10.0 Å². The van der Waals surface area contributed by atoms with Crippen molar-refractivity contribution in [2.24, 2.45) is 5.10 Å². The van der Waals surface area contributed by atoms with Gasteiger partial charge in [0.1, 0.15) is 5.69 Å². The molecule has 0 aliphatic carbocycles. The van der Waals surface area contributed by atoms with Crippen molar-refractivity contribution in [1.82, 2.24) is 4.31 Å². The van der Waals surface area contributed by atoms with E-state index in [2.05, 4.69) is 10.5 Å². The predicted octanol–water partition coefficient (Wildman–Crippen LogP) is 3.59. The summed E-state index contributed by atoms with van der Waals surface area (Å²) in [6, 6.07) is 7.76. The molecule has 1 aromatic heterocycles. The van der Waals surface area contributed by atoms with Gasteiger partial charge in [-0.15, -0.1) is 11.3 Å². The van der Waals surface area contributed by atoms with Gasteiger partial charge in [0, 0.05) is 24.0 Å². The molecule has 8 nitrogen and oxygen atoms in total. The molecule has 0 saturated carbocycles. The van der Waals surface area contributed by atoms with Gasteiger partial charge in [-0.1, -0.05) is 0 Å². The average molecular weight is 409 g/mol. The molecular formula is C17H20N4O4S2. The van der Waals surface area contributed by atoms with Crippen molar-refractivity contribution in [3.8, 4) is 0 Å². The van der Waals surface area contributed by atoms with Gasteiger partial charge in [-0.25, -0.2) is 8.42 Å². The Hall–Kier alpha value is -2.30. The van der Waals surface area contributed by atoms with Crippen molar-refractivity contribution in [2.45, 2.75) is 31.6 Å². The number of thiophene rings is 1. The van der Waals surface area contributed by atoms with Gasteiger partial charge in [-0.2, -0.15) is 9.41 Å². The van der Waals surface area contributed by atoms with E-state index in [4.69, 9.17) is 0 Å². The van der Waals surface area contributed by atoms with Crippen LogP contribution in [0.2, 0.25) is 0 Å². The highest BCUT2D eigenvalue weighted by Crippen LogP contribution is 2.30. The first-order valence-corrected chi connectivity index (χ1v) is 10.7. The van der Waals surface area contributed by atoms with Gasteiger partial charge in [0.15, 0.2) is 0 Å². The van der Waals surface area contributed by atoms with Gasteiger partial charge in [0.25, 0.3) is 5.69 Å². The van der Waals surface area contributed by atoms with E-state index in [1.54, 1.807) is 18.3 Å². The van der Waals surface area contributed by atoms with Crippen LogP contribution in [0.15, 0.2) is 40.3 Å². The summed E-state index contributed by atoms with van der Waals surface area (Å²) in [6.45, 7) is 4.68. The molecule has 0 radical (unpaired) electrons. The van der Waals surface area contributed by atoms with Gasteiger partial charge in [0.05, 0.1) is 20.4 Å². The topological polar surface area (TPSA) is 105 Å². The first kappa shape index (κ1) is 19.5. The first-order chi connectivity index (χ1) is 12.8. The zero-order valence-electron chi connectivity index (χ0n) is 15.0. The predicted molar refractivity (Wildman–Crippen MR) is 106 cm³/mol. The Labute approximate surface area is 161 Å². The summed E-state index contributed by atoms with van der Waals surface area (Å²) in [5, 5.41) is 15.7. The van der Waals surface area contributed by atoms with E-state index < -0.39 is 14.9 Å². The molecule has 1 saturated heterocycles. The number of hydrogen-bond acceptors (Lipinski definition) is 7. The highest BCUT2D eigenvalue weighted by Gasteiger charge is 2.29. The molecule has 2 aromatic rings. The van der Waals surface area contributed by atoms with Crippen molar-refractivity contribution in [3.63, 3.8) is 0 Å². The number of aryl methyl sites for hydroxylation is 1. The summed E-state index contributed by atoms with van der Waals surface area (Å²) >= 11 is 1.57. The third-order valence-electron chi connectivity index (χ3n) is 4.31. The van der Waals surface area contributed by atoms with Gasteiger partial charge in [-0.05, 0) is 51.0 Å². The van der Waals surface area contributed by atoms with Gasteiger partial charge in [-0.3, -0.25) is 15.5 Å². The fraction of sp³-hybridized carbons (Fsp3) is 0.353. The largest absolute Gasteiger partial charge is 0.295 e. The van der Waals surface area contributed by atoms with Gasteiger partial charge >= 0.3 is 0 Å². The van der Waals surface area contributed by atoms with Crippen LogP contribution in [0.4, 0.5) is 11.4 Å². The Morgan fingerprint density at radius 2 is 1.96 bits per heavy atom. The molecule has 1 aliphatic rings. The molecule has 0 atom stereocenters. The molecule has 1 fully saturated rings. The summed E-state index contributed by atoms with van der Waals surface area (Å²) < 4.78 is 26.6. The van der Waals surface area contributed by atoms with E-state index in [0.29, 0.717) is 18.8 Å². The van der Waals surface area contributed by atoms with Crippen LogP contribution in [0.5, 0.6) is 0 Å². The zero-order chi connectivity index (χ0) is 19.6. The molecular weight excluding hydrogens is 388 g/mol. The maximum atomic E-state index is 12.6. The van der Waals surface area contributed by atoms with Crippen molar-refractivity contribution in [3.05, 3.63) is 50.2 Å². The lowest BCUT2D eigenvalue weighted by Crippen LogP contribution is -2.27. The van der Waals surface area contributed by atoms with E-state index >= 15 is 0 Å². The van der Waals surface area contributed by atoms with E-state index in [1.807, 2.05) is 19.1 Å². The SMILES string of the molecule is C/C(=N/Nc1ccc(S(=O)(=O)N2CCCC2)cc1[N+](=O)[O-])c1ccc(C)s1. The van der Waals surface area contributed by atoms with Crippen LogP contribution in [0.3, 0.4) is 0 Å². The Balaban J connectivity index is 1.89. The Kier molecular flexibility index (Phi) is 5.59. The molecule has 27 heavy (non-hydrogen) atoms. The number of hydrogen-bond donors (Lipinski definition) is 1. The van der Waals surface area contributed by atoms with Gasteiger partial charge < -0.3 is 0 Å². The standard InChI is InChI=1S/C17H20N4O4S2/c1-12-5-8-17(26-12)13(2)18-19-15-7-6-14(11-16(15)21(22)23)27(24,25)20-9-3-4-10-20/h5-8,11,19H,3-4,9-10H2,1-2H3/b18-13-. The quantitative estimate of drug-likeness (QED) is 0.447. The number of nitrogens with zero attached hydrogens (tertiary/aromatic N) is 3. The van der Waals surface area contributed by atoms with Crippen LogP contribution in [-0.2, 0) is 10.0 Å². The smallest absolute Gasteiger partial charge is 0.271 e. The van der Waals surface area contributed by atoms with Crippen LogP contribution >= 0.6 is 11.3 Å². The average Bonchev–Trinajstić information content (AvgIpc) is 3.31. The van der Waals surface area contributed by atoms with Crippen LogP contribution < -0.4 is 5.43 Å². The summed E-state index contributed by atoms with van der Waals surface area (Å²) in [5.74, 6) is 0. The van der Waals surface area contributed by atoms with E-state index in [-0.39, 0.29) is 16.3 Å². The van der Waals surface area contributed by atoms with Crippen LogP contribution in [0.1, 0.15) is 29.5 Å². The van der Waals surface area contributed by atoms with E-state index in [1.165, 1.54) is 16.4 Å². The minimum atomic E-state index is -3.72. The lowest BCUT2D eigenvalue weighted by Gasteiger charge is -2.15. The maximum Gasteiger partial charge on any atom is 0.295 e. The van der Waals surface area contributed by atoms with E-state index in [9.17, 15) is 18.5 Å². The van der Waals surface area contributed by atoms with Crippen molar-refractivity contribution < 1.29 is 13.3 Å². The number of nitro benzene ring substituents is 1. The Morgan fingerprint density at radius 3 is 2.56 bits per heavy atom. The molecule has 0 unspecified atom stereocenters. The second kappa shape index (κ2) is 7.75. The summed E-state index contributed by atoms with van der Waals surface area (Å²) in [7, 11) is -3.72. The third kappa shape index (κ3) is 4.18. The van der Waals surface area contributed by atoms with E-state index in [0.717, 1.165) is 28.7 Å². The molecule has 0 spiro atoms. The highest BCUT2D eigenvalue weighted by molar-refractivity contribution is 7.89. The Morgan fingerprint density at radius 1 is 1.26 bits per heavy atom. The minimum Gasteiger partial charge on any atom is -0.271 e. The number of benzene rings is 1. The van der Waals surface area contributed by atoms with Crippen molar-refractivity contribution in [2.75, 3.05) is 18.5 Å². The third-order valence-corrected chi connectivity index (χ3v) is 7.31. The molecule has 0 amide bonds. The second-order valence-electron chi connectivity index (χ2n) is 6.27. The highest BCUT2D eigenvalue weighted by atomic mass is 32.2. The van der Waals surface area contributed by atoms with Crippen molar-refractivity contribution >= 4 is 38.4 Å². The molecule has 1 N–H and O–H groups in total. The second-order valence-corrected chi connectivity index (χ2v) is 9.49. The fourth-order valence-corrected chi connectivity index (χ4v) is 5.17. The van der Waals surface area contributed by atoms with Crippen molar-refractivity contribution in [1.29, 1.82) is 0 Å².